The summed E-state index contributed by atoms with van der Waals surface area (Å²) in [6.45, 7) is 5.53. The average Bonchev–Trinajstić information content (AvgIpc) is 2.96. The first-order valence-corrected chi connectivity index (χ1v) is 8.36. The third-order valence-corrected chi connectivity index (χ3v) is 4.91. The van der Waals surface area contributed by atoms with E-state index >= 15 is 0 Å². The summed E-state index contributed by atoms with van der Waals surface area (Å²) in [5.41, 5.74) is 3.48. The Hall–Kier alpha value is -2.14. The topological polar surface area (TPSA) is 53.8 Å². The third kappa shape index (κ3) is 3.08. The first-order chi connectivity index (χ1) is 11.4. The second-order valence-electron chi connectivity index (χ2n) is 6.88. The van der Waals surface area contributed by atoms with E-state index in [2.05, 4.69) is 17.9 Å². The van der Waals surface area contributed by atoms with Gasteiger partial charge in [0, 0.05) is 32.1 Å². The summed E-state index contributed by atoms with van der Waals surface area (Å²) in [5.74, 6) is 0.131. The zero-order chi connectivity index (χ0) is 17.4. The maximum absolute atomic E-state index is 12.4. The highest BCUT2D eigenvalue weighted by Crippen LogP contribution is 2.26. The van der Waals surface area contributed by atoms with Crippen LogP contribution in [-0.2, 0) is 11.3 Å². The average molecular weight is 328 g/mol. The van der Waals surface area contributed by atoms with E-state index in [1.807, 2.05) is 13.0 Å². The van der Waals surface area contributed by atoms with Gasteiger partial charge in [-0.3, -0.25) is 9.69 Å². The standard InChI is InChI=1S/C19H24N2O3/c1-12-8-15-14(10-18(22)24-17(15)9-13(12)2)11-21-7-5-6-16(21)19(23)20(3)4/h8-10,16H,5-7,11H2,1-4H3. The predicted octanol–water partition coefficient (Wildman–Crippen LogP) is 2.46. The number of carbonyl (C=O) groups is 1. The number of benzene rings is 1. The van der Waals surface area contributed by atoms with Crippen LogP contribution in [0.25, 0.3) is 11.0 Å². The largest absolute Gasteiger partial charge is 0.423 e. The Morgan fingerprint density at radius 3 is 2.67 bits per heavy atom. The molecule has 1 atom stereocenters. The van der Waals surface area contributed by atoms with E-state index in [1.54, 1.807) is 25.1 Å². The van der Waals surface area contributed by atoms with E-state index in [0.717, 1.165) is 35.9 Å². The molecule has 0 saturated carbocycles. The molecule has 128 valence electrons. The van der Waals surface area contributed by atoms with Crippen molar-refractivity contribution >= 4 is 16.9 Å². The number of amides is 1. The van der Waals surface area contributed by atoms with Crippen LogP contribution in [0.15, 0.2) is 27.4 Å². The second-order valence-corrected chi connectivity index (χ2v) is 6.88. The number of nitrogens with zero attached hydrogens (tertiary/aromatic N) is 2. The molecule has 1 aliphatic rings. The van der Waals surface area contributed by atoms with Gasteiger partial charge >= 0.3 is 5.63 Å². The minimum Gasteiger partial charge on any atom is -0.423 e. The SMILES string of the molecule is Cc1cc2oc(=O)cc(CN3CCCC3C(=O)N(C)C)c2cc1C. The zero-order valence-electron chi connectivity index (χ0n) is 14.8. The van der Waals surface area contributed by atoms with Crippen molar-refractivity contribution in [3.8, 4) is 0 Å². The summed E-state index contributed by atoms with van der Waals surface area (Å²) in [5, 5.41) is 0.959. The molecule has 0 bridgehead atoms. The van der Waals surface area contributed by atoms with Crippen molar-refractivity contribution < 1.29 is 9.21 Å². The number of carbonyl (C=O) groups excluding carboxylic acids is 1. The molecule has 24 heavy (non-hydrogen) atoms. The zero-order valence-corrected chi connectivity index (χ0v) is 14.8. The van der Waals surface area contributed by atoms with E-state index in [9.17, 15) is 9.59 Å². The van der Waals surface area contributed by atoms with Gasteiger partial charge in [0.15, 0.2) is 0 Å². The molecule has 0 spiro atoms. The van der Waals surface area contributed by atoms with Crippen LogP contribution in [-0.4, -0.2) is 42.4 Å². The number of likely N-dealkylation sites (tertiary alicyclic amines) is 1. The second kappa shape index (κ2) is 6.40. The molecule has 1 aliphatic heterocycles. The molecule has 2 heterocycles. The molecule has 1 fully saturated rings. The molecule has 0 N–H and O–H groups in total. The van der Waals surface area contributed by atoms with E-state index in [-0.39, 0.29) is 17.6 Å². The fourth-order valence-electron chi connectivity index (χ4n) is 3.43. The highest BCUT2D eigenvalue weighted by Gasteiger charge is 2.32. The molecule has 3 rings (SSSR count). The van der Waals surface area contributed by atoms with E-state index in [1.165, 1.54) is 5.56 Å². The van der Waals surface area contributed by atoms with Gasteiger partial charge in [-0.05, 0) is 62.1 Å². The molecular formula is C19H24N2O3. The number of fused-ring (bicyclic) bond motifs is 1. The minimum absolute atomic E-state index is 0.103. The van der Waals surface area contributed by atoms with Gasteiger partial charge in [0.1, 0.15) is 5.58 Å². The summed E-state index contributed by atoms with van der Waals surface area (Å²) in [7, 11) is 3.58. The quantitative estimate of drug-likeness (QED) is 0.812. The molecule has 1 saturated heterocycles. The Morgan fingerprint density at radius 1 is 1.25 bits per heavy atom. The van der Waals surface area contributed by atoms with Crippen molar-refractivity contribution in [2.45, 2.75) is 39.3 Å². The Balaban J connectivity index is 1.99. The molecular weight excluding hydrogens is 304 g/mol. The lowest BCUT2D eigenvalue weighted by molar-refractivity contribution is -0.133. The van der Waals surface area contributed by atoms with E-state index < -0.39 is 0 Å². The molecule has 2 aromatic rings. The monoisotopic (exact) mass is 328 g/mol. The van der Waals surface area contributed by atoms with Crippen molar-refractivity contribution in [3.63, 3.8) is 0 Å². The normalized spacial score (nSPS) is 18.2. The van der Waals surface area contributed by atoms with Crippen molar-refractivity contribution in [3.05, 3.63) is 45.3 Å². The minimum atomic E-state index is -0.338. The van der Waals surface area contributed by atoms with Crippen LogP contribution >= 0.6 is 0 Å². The smallest absolute Gasteiger partial charge is 0.336 e. The van der Waals surface area contributed by atoms with Crippen LogP contribution in [0.1, 0.15) is 29.5 Å². The predicted molar refractivity (Wildman–Crippen MR) is 94.1 cm³/mol. The lowest BCUT2D eigenvalue weighted by atomic mass is 10.0. The van der Waals surface area contributed by atoms with Crippen LogP contribution in [0.2, 0.25) is 0 Å². The molecule has 1 aromatic carbocycles. The molecule has 1 unspecified atom stereocenters. The van der Waals surface area contributed by atoms with Gasteiger partial charge in [-0.25, -0.2) is 4.79 Å². The van der Waals surface area contributed by atoms with Gasteiger partial charge in [0.25, 0.3) is 0 Å². The number of hydrogen-bond donors (Lipinski definition) is 0. The summed E-state index contributed by atoms with van der Waals surface area (Å²) < 4.78 is 5.37. The molecule has 0 aliphatic carbocycles. The Kier molecular flexibility index (Phi) is 4.45. The molecule has 1 amide bonds. The highest BCUT2D eigenvalue weighted by molar-refractivity contribution is 5.83. The Morgan fingerprint density at radius 2 is 1.96 bits per heavy atom. The van der Waals surface area contributed by atoms with Crippen molar-refractivity contribution in [2.75, 3.05) is 20.6 Å². The van der Waals surface area contributed by atoms with E-state index in [0.29, 0.717) is 12.1 Å². The van der Waals surface area contributed by atoms with Crippen molar-refractivity contribution in [2.24, 2.45) is 0 Å². The molecule has 5 heteroatoms. The summed E-state index contributed by atoms with van der Waals surface area (Å²) in [4.78, 5) is 28.1. The lowest BCUT2D eigenvalue weighted by Gasteiger charge is -2.26. The lowest BCUT2D eigenvalue weighted by Crippen LogP contribution is -2.42. The maximum Gasteiger partial charge on any atom is 0.336 e. The fourth-order valence-corrected chi connectivity index (χ4v) is 3.43. The van der Waals surface area contributed by atoms with Gasteiger partial charge in [0.05, 0.1) is 6.04 Å². The Bertz CT molecular complexity index is 838. The van der Waals surface area contributed by atoms with Crippen LogP contribution in [0, 0.1) is 13.8 Å². The number of aryl methyl sites for hydroxylation is 2. The van der Waals surface area contributed by atoms with E-state index in [4.69, 9.17) is 4.42 Å². The Labute approximate surface area is 141 Å². The maximum atomic E-state index is 12.4. The van der Waals surface area contributed by atoms with Gasteiger partial charge in [0.2, 0.25) is 5.91 Å². The van der Waals surface area contributed by atoms with Gasteiger partial charge in [-0.15, -0.1) is 0 Å². The molecule has 1 aromatic heterocycles. The number of likely N-dealkylation sites (N-methyl/N-ethyl adjacent to an activating group) is 1. The third-order valence-electron chi connectivity index (χ3n) is 4.91. The van der Waals surface area contributed by atoms with Crippen molar-refractivity contribution in [1.29, 1.82) is 0 Å². The summed E-state index contributed by atoms with van der Waals surface area (Å²) in [6.07, 6.45) is 1.87. The number of hydrogen-bond acceptors (Lipinski definition) is 4. The van der Waals surface area contributed by atoms with Gasteiger partial charge < -0.3 is 9.32 Å². The van der Waals surface area contributed by atoms with Crippen LogP contribution in [0.5, 0.6) is 0 Å². The first kappa shape index (κ1) is 16.7. The number of rotatable bonds is 3. The highest BCUT2D eigenvalue weighted by atomic mass is 16.4. The fraction of sp³-hybridized carbons (Fsp3) is 0.474. The van der Waals surface area contributed by atoms with Crippen molar-refractivity contribution in [1.82, 2.24) is 9.80 Å². The summed E-state index contributed by atoms with van der Waals surface area (Å²) >= 11 is 0. The van der Waals surface area contributed by atoms with Gasteiger partial charge in [-0.2, -0.15) is 0 Å². The molecule has 5 nitrogen and oxygen atoms in total. The molecule has 0 radical (unpaired) electrons. The summed E-state index contributed by atoms with van der Waals surface area (Å²) in [6, 6.07) is 5.45. The van der Waals surface area contributed by atoms with Crippen LogP contribution in [0.4, 0.5) is 0 Å². The van der Waals surface area contributed by atoms with Crippen LogP contribution in [0.3, 0.4) is 0 Å². The van der Waals surface area contributed by atoms with Crippen LogP contribution < -0.4 is 5.63 Å². The van der Waals surface area contributed by atoms with Gasteiger partial charge in [-0.1, -0.05) is 0 Å². The first-order valence-electron chi connectivity index (χ1n) is 8.36.